The molecule has 0 unspecified atom stereocenters. The molecule has 1 aromatic heterocycles. The second-order valence-electron chi connectivity index (χ2n) is 2.80. The van der Waals surface area contributed by atoms with Gasteiger partial charge in [-0.3, -0.25) is 4.79 Å². The first kappa shape index (κ1) is 12.3. The van der Waals surface area contributed by atoms with Crippen molar-refractivity contribution in [2.75, 3.05) is 12.9 Å². The van der Waals surface area contributed by atoms with Crippen LogP contribution < -0.4 is 0 Å². The Morgan fingerprint density at radius 1 is 1.67 bits per heavy atom. The molecule has 1 heterocycles. The molecule has 0 atom stereocenters. The summed E-state index contributed by atoms with van der Waals surface area (Å²) in [5.74, 6) is 0.404. The fraction of sp³-hybridized carbons (Fsp3) is 0.444. The topological polar surface area (TPSA) is 52.1 Å². The Morgan fingerprint density at radius 2 is 2.40 bits per heavy atom. The Bertz CT molecular complexity index is 360. The quantitative estimate of drug-likeness (QED) is 0.352. The van der Waals surface area contributed by atoms with Gasteiger partial charge in [-0.05, 0) is 24.1 Å². The van der Waals surface area contributed by atoms with Crippen LogP contribution in [-0.4, -0.2) is 28.8 Å². The molecule has 0 saturated carbocycles. The maximum Gasteiger partial charge on any atom is 0.306 e. The molecule has 6 heteroatoms. The molecule has 1 aromatic rings. The van der Waals surface area contributed by atoms with Gasteiger partial charge in [0.05, 0.1) is 13.5 Å². The van der Waals surface area contributed by atoms with Crippen molar-refractivity contribution in [1.82, 2.24) is 9.97 Å². The lowest BCUT2D eigenvalue weighted by Gasteiger charge is -2.03. The molecule has 0 saturated heterocycles. The standard InChI is InChI=1S/C9H11ClN2O2S/c1-6-5-11-9(10)12-8(6)15-4-3-7(13)14-2/h5H,3-4H2,1-2H3. The number of halogens is 1. The summed E-state index contributed by atoms with van der Waals surface area (Å²) in [6.07, 6.45) is 2.03. The molecule has 0 aliphatic heterocycles. The monoisotopic (exact) mass is 246 g/mol. The van der Waals surface area contributed by atoms with Crippen LogP contribution in [0.5, 0.6) is 0 Å². The van der Waals surface area contributed by atoms with E-state index in [0.717, 1.165) is 10.6 Å². The Kier molecular flexibility index (Phi) is 4.84. The third-order valence-corrected chi connectivity index (χ3v) is 2.95. The molecule has 4 nitrogen and oxygen atoms in total. The van der Waals surface area contributed by atoms with E-state index in [1.165, 1.54) is 18.9 Å². The van der Waals surface area contributed by atoms with Crippen LogP contribution in [-0.2, 0) is 9.53 Å². The largest absolute Gasteiger partial charge is 0.469 e. The summed E-state index contributed by atoms with van der Waals surface area (Å²) in [7, 11) is 1.37. The number of hydrogen-bond donors (Lipinski definition) is 0. The molecular formula is C9H11ClN2O2S. The number of methoxy groups -OCH3 is 1. The fourth-order valence-electron chi connectivity index (χ4n) is 0.885. The summed E-state index contributed by atoms with van der Waals surface area (Å²) in [6.45, 7) is 1.90. The number of rotatable bonds is 4. The van der Waals surface area contributed by atoms with Crippen molar-refractivity contribution >= 4 is 29.3 Å². The Balaban J connectivity index is 2.50. The van der Waals surface area contributed by atoms with E-state index in [4.69, 9.17) is 11.6 Å². The van der Waals surface area contributed by atoms with E-state index in [0.29, 0.717) is 12.2 Å². The van der Waals surface area contributed by atoms with Gasteiger partial charge in [0.2, 0.25) is 5.28 Å². The van der Waals surface area contributed by atoms with Gasteiger partial charge in [-0.25, -0.2) is 9.97 Å². The molecule has 0 N–H and O–H groups in total. The number of aryl methyl sites for hydroxylation is 1. The summed E-state index contributed by atoms with van der Waals surface area (Å²) in [5, 5.41) is 1.03. The lowest BCUT2D eigenvalue weighted by atomic mass is 10.4. The summed E-state index contributed by atoms with van der Waals surface area (Å²) in [6, 6.07) is 0. The minimum Gasteiger partial charge on any atom is -0.469 e. The maximum atomic E-state index is 10.9. The van der Waals surface area contributed by atoms with E-state index in [2.05, 4.69) is 14.7 Å². The molecule has 0 bridgehead atoms. The number of thioether (sulfide) groups is 1. The molecular weight excluding hydrogens is 236 g/mol. The zero-order chi connectivity index (χ0) is 11.3. The van der Waals surface area contributed by atoms with Crippen LogP contribution >= 0.6 is 23.4 Å². The minimum absolute atomic E-state index is 0.222. The highest BCUT2D eigenvalue weighted by Gasteiger charge is 2.05. The molecule has 0 aliphatic rings. The number of hydrogen-bond acceptors (Lipinski definition) is 5. The molecule has 15 heavy (non-hydrogen) atoms. The highest BCUT2D eigenvalue weighted by atomic mass is 35.5. The average Bonchev–Trinajstić information content (AvgIpc) is 2.23. The first-order chi connectivity index (χ1) is 7.13. The Hall–Kier alpha value is -0.810. The van der Waals surface area contributed by atoms with Gasteiger partial charge < -0.3 is 4.74 Å². The lowest BCUT2D eigenvalue weighted by molar-refractivity contribution is -0.140. The van der Waals surface area contributed by atoms with Crippen LogP contribution in [0.25, 0.3) is 0 Å². The zero-order valence-electron chi connectivity index (χ0n) is 8.49. The van der Waals surface area contributed by atoms with Crippen LogP contribution in [0.15, 0.2) is 11.2 Å². The first-order valence-electron chi connectivity index (χ1n) is 4.32. The summed E-state index contributed by atoms with van der Waals surface area (Å²) >= 11 is 7.13. The second-order valence-corrected chi connectivity index (χ2v) is 4.22. The molecule has 1 rings (SSSR count). The number of esters is 1. The van der Waals surface area contributed by atoms with Gasteiger partial charge >= 0.3 is 5.97 Å². The summed E-state index contributed by atoms with van der Waals surface area (Å²) in [4.78, 5) is 18.8. The smallest absolute Gasteiger partial charge is 0.306 e. The zero-order valence-corrected chi connectivity index (χ0v) is 10.1. The average molecular weight is 247 g/mol. The molecule has 0 aliphatic carbocycles. The Labute approximate surface area is 97.4 Å². The van der Waals surface area contributed by atoms with E-state index < -0.39 is 0 Å². The molecule has 0 amide bonds. The molecule has 0 radical (unpaired) electrons. The third kappa shape index (κ3) is 4.05. The van der Waals surface area contributed by atoms with Gasteiger partial charge in [0, 0.05) is 11.9 Å². The maximum absolute atomic E-state index is 10.9. The predicted octanol–water partition coefficient (Wildman–Crippen LogP) is 2.09. The normalized spacial score (nSPS) is 10.1. The number of nitrogens with zero attached hydrogens (tertiary/aromatic N) is 2. The minimum atomic E-state index is -0.222. The molecule has 0 aromatic carbocycles. The van der Waals surface area contributed by atoms with Crippen molar-refractivity contribution in [3.63, 3.8) is 0 Å². The highest BCUT2D eigenvalue weighted by molar-refractivity contribution is 7.99. The van der Waals surface area contributed by atoms with E-state index >= 15 is 0 Å². The fourth-order valence-corrected chi connectivity index (χ4v) is 1.96. The van der Waals surface area contributed by atoms with Gasteiger partial charge in [0.15, 0.2) is 0 Å². The van der Waals surface area contributed by atoms with Crippen LogP contribution in [0, 0.1) is 6.92 Å². The summed E-state index contributed by atoms with van der Waals surface area (Å²) in [5.41, 5.74) is 0.953. The molecule has 82 valence electrons. The van der Waals surface area contributed by atoms with Crippen molar-refractivity contribution in [3.05, 3.63) is 17.0 Å². The van der Waals surface area contributed by atoms with Gasteiger partial charge in [-0.15, -0.1) is 11.8 Å². The second kappa shape index (κ2) is 5.92. The lowest BCUT2D eigenvalue weighted by Crippen LogP contribution is -2.01. The van der Waals surface area contributed by atoms with Gasteiger partial charge in [0.25, 0.3) is 0 Å². The Morgan fingerprint density at radius 3 is 3.07 bits per heavy atom. The van der Waals surface area contributed by atoms with E-state index in [1.54, 1.807) is 6.20 Å². The van der Waals surface area contributed by atoms with E-state index in [9.17, 15) is 4.79 Å². The van der Waals surface area contributed by atoms with E-state index in [-0.39, 0.29) is 11.3 Å². The van der Waals surface area contributed by atoms with E-state index in [1.807, 2.05) is 6.92 Å². The van der Waals surface area contributed by atoms with Gasteiger partial charge in [-0.1, -0.05) is 0 Å². The van der Waals surface area contributed by atoms with Gasteiger partial charge in [-0.2, -0.15) is 0 Å². The van der Waals surface area contributed by atoms with Crippen LogP contribution in [0.3, 0.4) is 0 Å². The highest BCUT2D eigenvalue weighted by Crippen LogP contribution is 2.21. The third-order valence-electron chi connectivity index (χ3n) is 1.67. The summed E-state index contributed by atoms with van der Waals surface area (Å²) < 4.78 is 4.53. The molecule has 0 fully saturated rings. The SMILES string of the molecule is COC(=O)CCSc1nc(Cl)ncc1C. The van der Waals surface area contributed by atoms with Crippen molar-refractivity contribution in [2.45, 2.75) is 18.4 Å². The van der Waals surface area contributed by atoms with Crippen molar-refractivity contribution < 1.29 is 9.53 Å². The number of carbonyl (C=O) groups is 1. The van der Waals surface area contributed by atoms with Crippen molar-refractivity contribution in [3.8, 4) is 0 Å². The van der Waals surface area contributed by atoms with Crippen molar-refractivity contribution in [2.24, 2.45) is 0 Å². The first-order valence-corrected chi connectivity index (χ1v) is 5.68. The number of carbonyl (C=O) groups excluding carboxylic acids is 1. The predicted molar refractivity (Wildman–Crippen MR) is 59.1 cm³/mol. The van der Waals surface area contributed by atoms with Gasteiger partial charge in [0.1, 0.15) is 5.03 Å². The van der Waals surface area contributed by atoms with Crippen LogP contribution in [0.4, 0.5) is 0 Å². The van der Waals surface area contributed by atoms with Crippen LogP contribution in [0.2, 0.25) is 5.28 Å². The van der Waals surface area contributed by atoms with Crippen LogP contribution in [0.1, 0.15) is 12.0 Å². The number of aromatic nitrogens is 2. The molecule has 0 spiro atoms. The number of ether oxygens (including phenoxy) is 1. The van der Waals surface area contributed by atoms with Crippen molar-refractivity contribution in [1.29, 1.82) is 0 Å².